The van der Waals surface area contributed by atoms with E-state index in [4.69, 9.17) is 4.74 Å². The van der Waals surface area contributed by atoms with Crippen LogP contribution in [0.1, 0.15) is 79.6 Å². The Hall–Kier alpha value is -0.0800. The Morgan fingerprint density at radius 2 is 1.74 bits per heavy atom. The standard InChI is InChI=1S/C17H35NO/c1-6-8-15-9-11-17(12-10-15,19-13-7-2)14-18-16(3,4)5/h15,18H,6-14H2,1-5H3. The molecular formula is C17H35NO. The van der Waals surface area contributed by atoms with Gasteiger partial charge in [-0.25, -0.2) is 0 Å². The number of nitrogens with one attached hydrogen (secondary N) is 1. The van der Waals surface area contributed by atoms with Crippen molar-refractivity contribution in [3.8, 4) is 0 Å². The highest BCUT2D eigenvalue weighted by Crippen LogP contribution is 2.37. The first kappa shape index (κ1) is 17.0. The number of hydrogen-bond donors (Lipinski definition) is 1. The molecule has 0 aromatic carbocycles. The molecule has 0 saturated heterocycles. The molecule has 1 rings (SSSR count). The van der Waals surface area contributed by atoms with Crippen LogP contribution in [0.5, 0.6) is 0 Å². The lowest BCUT2D eigenvalue weighted by molar-refractivity contribution is -0.0793. The summed E-state index contributed by atoms with van der Waals surface area (Å²) in [5, 5.41) is 3.66. The first-order valence-electron chi connectivity index (χ1n) is 8.30. The summed E-state index contributed by atoms with van der Waals surface area (Å²) in [6.07, 6.45) is 9.02. The molecule has 0 spiro atoms. The second-order valence-electron chi connectivity index (χ2n) is 7.37. The molecule has 1 aliphatic rings. The summed E-state index contributed by atoms with van der Waals surface area (Å²) in [7, 11) is 0. The molecule has 0 amide bonds. The summed E-state index contributed by atoms with van der Waals surface area (Å²) in [5.41, 5.74) is 0.288. The summed E-state index contributed by atoms with van der Waals surface area (Å²) >= 11 is 0. The summed E-state index contributed by atoms with van der Waals surface area (Å²) in [5.74, 6) is 0.943. The summed E-state index contributed by atoms with van der Waals surface area (Å²) in [4.78, 5) is 0. The van der Waals surface area contributed by atoms with E-state index in [-0.39, 0.29) is 11.1 Å². The molecule has 19 heavy (non-hydrogen) atoms. The average Bonchev–Trinajstić information content (AvgIpc) is 2.36. The van der Waals surface area contributed by atoms with E-state index in [0.29, 0.717) is 0 Å². The smallest absolute Gasteiger partial charge is 0.0806 e. The van der Waals surface area contributed by atoms with Crippen LogP contribution in [0.25, 0.3) is 0 Å². The third-order valence-electron chi connectivity index (χ3n) is 4.27. The molecular weight excluding hydrogens is 234 g/mol. The third-order valence-corrected chi connectivity index (χ3v) is 4.27. The van der Waals surface area contributed by atoms with Gasteiger partial charge < -0.3 is 10.1 Å². The third kappa shape index (κ3) is 6.27. The van der Waals surface area contributed by atoms with Crippen LogP contribution in [-0.2, 0) is 4.74 Å². The Morgan fingerprint density at radius 1 is 1.11 bits per heavy atom. The van der Waals surface area contributed by atoms with E-state index in [9.17, 15) is 0 Å². The predicted octanol–water partition coefficient (Wildman–Crippen LogP) is 4.53. The van der Waals surface area contributed by atoms with E-state index < -0.39 is 0 Å². The van der Waals surface area contributed by atoms with Crippen LogP contribution >= 0.6 is 0 Å². The summed E-state index contributed by atoms with van der Waals surface area (Å²) in [6, 6.07) is 0. The van der Waals surface area contributed by atoms with Gasteiger partial charge in [-0.2, -0.15) is 0 Å². The summed E-state index contributed by atoms with van der Waals surface area (Å²) < 4.78 is 6.28. The minimum absolute atomic E-state index is 0.105. The maximum atomic E-state index is 6.28. The zero-order chi connectivity index (χ0) is 14.4. The first-order chi connectivity index (χ1) is 8.91. The van der Waals surface area contributed by atoms with Gasteiger partial charge in [0, 0.05) is 18.7 Å². The number of hydrogen-bond acceptors (Lipinski definition) is 2. The molecule has 1 aliphatic carbocycles. The van der Waals surface area contributed by atoms with Crippen molar-refractivity contribution in [2.45, 2.75) is 90.7 Å². The molecule has 0 radical (unpaired) electrons. The van der Waals surface area contributed by atoms with Crippen LogP contribution in [0.2, 0.25) is 0 Å². The van der Waals surface area contributed by atoms with Gasteiger partial charge in [0.2, 0.25) is 0 Å². The van der Waals surface area contributed by atoms with Crippen LogP contribution in [0, 0.1) is 5.92 Å². The minimum Gasteiger partial charge on any atom is -0.374 e. The molecule has 0 bridgehead atoms. The van der Waals surface area contributed by atoms with E-state index >= 15 is 0 Å². The Labute approximate surface area is 120 Å². The van der Waals surface area contributed by atoms with E-state index in [2.05, 4.69) is 39.9 Å². The van der Waals surface area contributed by atoms with E-state index in [0.717, 1.165) is 25.5 Å². The molecule has 2 nitrogen and oxygen atoms in total. The molecule has 1 saturated carbocycles. The normalized spacial score (nSPS) is 28.6. The lowest BCUT2D eigenvalue weighted by atomic mass is 9.76. The lowest BCUT2D eigenvalue weighted by Gasteiger charge is -2.42. The van der Waals surface area contributed by atoms with Crippen molar-refractivity contribution in [1.29, 1.82) is 0 Å². The van der Waals surface area contributed by atoms with Gasteiger partial charge in [0.1, 0.15) is 0 Å². The highest BCUT2D eigenvalue weighted by molar-refractivity contribution is 4.91. The highest BCUT2D eigenvalue weighted by atomic mass is 16.5. The Kier molecular flexibility index (Phi) is 6.82. The van der Waals surface area contributed by atoms with Crippen molar-refractivity contribution < 1.29 is 4.74 Å². The molecule has 1 fully saturated rings. The van der Waals surface area contributed by atoms with Crippen molar-refractivity contribution in [1.82, 2.24) is 5.32 Å². The van der Waals surface area contributed by atoms with Crippen LogP contribution in [0.3, 0.4) is 0 Å². The van der Waals surface area contributed by atoms with Gasteiger partial charge in [0.25, 0.3) is 0 Å². The van der Waals surface area contributed by atoms with Crippen molar-refractivity contribution in [3.63, 3.8) is 0 Å². The maximum Gasteiger partial charge on any atom is 0.0806 e. The largest absolute Gasteiger partial charge is 0.374 e. The maximum absolute atomic E-state index is 6.28. The van der Waals surface area contributed by atoms with Crippen LogP contribution in [-0.4, -0.2) is 24.3 Å². The zero-order valence-corrected chi connectivity index (χ0v) is 13.8. The van der Waals surface area contributed by atoms with Crippen molar-refractivity contribution in [2.75, 3.05) is 13.2 Å². The lowest BCUT2D eigenvalue weighted by Crippen LogP contribution is -2.51. The molecule has 0 aromatic heterocycles. The van der Waals surface area contributed by atoms with E-state index in [1.54, 1.807) is 0 Å². The second kappa shape index (κ2) is 7.64. The van der Waals surface area contributed by atoms with Crippen LogP contribution < -0.4 is 5.32 Å². The molecule has 0 aliphatic heterocycles. The molecule has 0 aromatic rings. The van der Waals surface area contributed by atoms with Crippen LogP contribution in [0.4, 0.5) is 0 Å². The van der Waals surface area contributed by atoms with Crippen molar-refractivity contribution >= 4 is 0 Å². The number of rotatable bonds is 7. The van der Waals surface area contributed by atoms with Gasteiger partial charge in [0.15, 0.2) is 0 Å². The topological polar surface area (TPSA) is 21.3 Å². The molecule has 114 valence electrons. The van der Waals surface area contributed by atoms with Gasteiger partial charge in [-0.3, -0.25) is 0 Å². The van der Waals surface area contributed by atoms with Crippen molar-refractivity contribution in [2.24, 2.45) is 5.92 Å². The molecule has 0 heterocycles. The second-order valence-corrected chi connectivity index (χ2v) is 7.37. The Balaban J connectivity index is 2.52. The Bertz CT molecular complexity index is 236. The van der Waals surface area contributed by atoms with Gasteiger partial charge in [0.05, 0.1) is 5.60 Å². The fraction of sp³-hybridized carbons (Fsp3) is 1.00. The quantitative estimate of drug-likeness (QED) is 0.733. The average molecular weight is 269 g/mol. The molecule has 1 N–H and O–H groups in total. The molecule has 0 atom stereocenters. The van der Waals surface area contributed by atoms with Crippen molar-refractivity contribution in [3.05, 3.63) is 0 Å². The highest BCUT2D eigenvalue weighted by Gasteiger charge is 2.36. The first-order valence-corrected chi connectivity index (χ1v) is 8.30. The van der Waals surface area contributed by atoms with Gasteiger partial charge in [-0.15, -0.1) is 0 Å². The fourth-order valence-corrected chi connectivity index (χ4v) is 3.02. The number of ether oxygens (including phenoxy) is 1. The van der Waals surface area contributed by atoms with E-state index in [1.165, 1.54) is 38.5 Å². The van der Waals surface area contributed by atoms with Gasteiger partial charge >= 0.3 is 0 Å². The minimum atomic E-state index is 0.105. The molecule has 2 heteroatoms. The van der Waals surface area contributed by atoms with E-state index in [1.807, 2.05) is 0 Å². The zero-order valence-electron chi connectivity index (χ0n) is 13.8. The van der Waals surface area contributed by atoms with Gasteiger partial charge in [-0.1, -0.05) is 26.7 Å². The fourth-order valence-electron chi connectivity index (χ4n) is 3.02. The summed E-state index contributed by atoms with van der Waals surface area (Å²) in [6.45, 7) is 13.1. The van der Waals surface area contributed by atoms with Crippen LogP contribution in [0.15, 0.2) is 0 Å². The predicted molar refractivity (Wildman–Crippen MR) is 83.6 cm³/mol. The SMILES string of the molecule is CCCOC1(CNC(C)(C)C)CCC(CCC)CC1. The molecule has 0 unspecified atom stereocenters. The monoisotopic (exact) mass is 269 g/mol. The van der Waals surface area contributed by atoms with Gasteiger partial charge in [-0.05, 0) is 58.8 Å². The Morgan fingerprint density at radius 3 is 2.21 bits per heavy atom.